The molecule has 0 radical (unpaired) electrons. The van der Waals surface area contributed by atoms with Gasteiger partial charge >= 0.3 is 0 Å². The summed E-state index contributed by atoms with van der Waals surface area (Å²) in [4.78, 5) is 4.05. The molecule has 0 aliphatic carbocycles. The Labute approximate surface area is 107 Å². The van der Waals surface area contributed by atoms with Gasteiger partial charge in [-0.15, -0.1) is 0 Å². The fourth-order valence-corrected chi connectivity index (χ4v) is 3.52. The maximum atomic E-state index is 12.4. The summed E-state index contributed by atoms with van der Waals surface area (Å²) < 4.78 is 31.8. The number of nitrogens with two attached hydrogens (primary N) is 1. The molecule has 0 saturated carbocycles. The molecule has 2 unspecified atom stereocenters. The molecule has 2 heterocycles. The van der Waals surface area contributed by atoms with Gasteiger partial charge in [-0.2, -0.15) is 4.31 Å². The van der Waals surface area contributed by atoms with Crippen LogP contribution >= 0.6 is 0 Å². The normalized spacial score (nSPS) is 26.1. The van der Waals surface area contributed by atoms with E-state index < -0.39 is 10.0 Å². The molecule has 1 aliphatic heterocycles. The summed E-state index contributed by atoms with van der Waals surface area (Å²) in [5.41, 5.74) is 5.53. The van der Waals surface area contributed by atoms with Crippen LogP contribution in [0.1, 0.15) is 6.92 Å². The smallest absolute Gasteiger partial charge is 0.245 e. The summed E-state index contributed by atoms with van der Waals surface area (Å²) in [5, 5.41) is 0. The van der Waals surface area contributed by atoms with Crippen LogP contribution in [0.2, 0.25) is 0 Å². The number of pyridine rings is 1. The van der Waals surface area contributed by atoms with Crippen molar-refractivity contribution in [3.8, 4) is 0 Å². The molecule has 1 aromatic rings. The molecule has 0 amide bonds. The Bertz CT molecular complexity index is 492. The van der Waals surface area contributed by atoms with Crippen molar-refractivity contribution in [1.29, 1.82) is 0 Å². The Morgan fingerprint density at radius 3 is 3.00 bits per heavy atom. The molecular formula is C11H17N3O3S. The molecule has 2 rings (SSSR count). The Morgan fingerprint density at radius 1 is 1.61 bits per heavy atom. The Hall–Kier alpha value is -1.02. The van der Waals surface area contributed by atoms with E-state index in [1.807, 2.05) is 6.92 Å². The topological polar surface area (TPSA) is 85.5 Å². The van der Waals surface area contributed by atoms with Crippen molar-refractivity contribution in [3.05, 3.63) is 24.5 Å². The minimum absolute atomic E-state index is 0.196. The predicted octanol–water partition coefficient (Wildman–Crippen LogP) is -0.182. The van der Waals surface area contributed by atoms with E-state index >= 15 is 0 Å². The highest BCUT2D eigenvalue weighted by molar-refractivity contribution is 7.89. The summed E-state index contributed by atoms with van der Waals surface area (Å²) in [6.45, 7) is 2.78. The molecule has 0 bridgehead atoms. The number of ether oxygens (including phenoxy) is 1. The third-order valence-electron chi connectivity index (χ3n) is 2.95. The molecule has 1 aromatic heterocycles. The van der Waals surface area contributed by atoms with Crippen LogP contribution in [0.3, 0.4) is 0 Å². The lowest BCUT2D eigenvalue weighted by molar-refractivity contribution is -0.0219. The summed E-state index contributed by atoms with van der Waals surface area (Å²) in [5.74, 6) is 0. The number of aromatic nitrogens is 1. The Kier molecular flexibility index (Phi) is 3.96. The summed E-state index contributed by atoms with van der Waals surface area (Å²) in [6, 6.07) is 2.96. The van der Waals surface area contributed by atoms with E-state index in [-0.39, 0.29) is 23.6 Å². The van der Waals surface area contributed by atoms with Gasteiger partial charge in [0.15, 0.2) is 0 Å². The first-order valence-electron chi connectivity index (χ1n) is 5.79. The second-order valence-corrected chi connectivity index (χ2v) is 6.19. The lowest BCUT2D eigenvalue weighted by atomic mass is 10.2. The molecule has 1 fully saturated rings. The van der Waals surface area contributed by atoms with Crippen molar-refractivity contribution in [1.82, 2.24) is 9.29 Å². The first-order valence-corrected chi connectivity index (χ1v) is 7.23. The van der Waals surface area contributed by atoms with Gasteiger partial charge in [-0.1, -0.05) is 0 Å². The van der Waals surface area contributed by atoms with Crippen LogP contribution in [-0.4, -0.2) is 49.5 Å². The van der Waals surface area contributed by atoms with Gasteiger partial charge in [0.25, 0.3) is 0 Å². The number of hydrogen-bond acceptors (Lipinski definition) is 5. The van der Waals surface area contributed by atoms with Crippen LogP contribution in [0.15, 0.2) is 29.4 Å². The fourth-order valence-electron chi connectivity index (χ4n) is 1.90. The lowest BCUT2D eigenvalue weighted by Crippen LogP contribution is -2.52. The zero-order valence-corrected chi connectivity index (χ0v) is 11.0. The SMILES string of the molecule is CC1COC(CN)CN1S(=O)(=O)c1cccnc1. The molecule has 0 aromatic carbocycles. The van der Waals surface area contributed by atoms with E-state index in [0.717, 1.165) is 0 Å². The van der Waals surface area contributed by atoms with Crippen LogP contribution in [0.25, 0.3) is 0 Å². The van der Waals surface area contributed by atoms with Gasteiger partial charge in [-0.05, 0) is 19.1 Å². The minimum Gasteiger partial charge on any atom is -0.374 e. The van der Waals surface area contributed by atoms with Crippen molar-refractivity contribution in [2.24, 2.45) is 5.73 Å². The second-order valence-electron chi connectivity index (χ2n) is 4.30. The number of morpholine rings is 1. The van der Waals surface area contributed by atoms with Crippen molar-refractivity contribution in [3.63, 3.8) is 0 Å². The quantitative estimate of drug-likeness (QED) is 0.824. The van der Waals surface area contributed by atoms with E-state index in [2.05, 4.69) is 4.98 Å². The largest absolute Gasteiger partial charge is 0.374 e. The molecular weight excluding hydrogens is 254 g/mol. The first kappa shape index (κ1) is 13.4. The van der Waals surface area contributed by atoms with Crippen molar-refractivity contribution in [2.75, 3.05) is 19.7 Å². The zero-order chi connectivity index (χ0) is 13.2. The maximum Gasteiger partial charge on any atom is 0.245 e. The van der Waals surface area contributed by atoms with Crippen LogP contribution < -0.4 is 5.73 Å². The van der Waals surface area contributed by atoms with E-state index in [0.29, 0.717) is 13.2 Å². The number of hydrogen-bond donors (Lipinski definition) is 1. The fraction of sp³-hybridized carbons (Fsp3) is 0.545. The van der Waals surface area contributed by atoms with Gasteiger partial charge in [0, 0.05) is 31.5 Å². The van der Waals surface area contributed by atoms with Crippen molar-refractivity contribution < 1.29 is 13.2 Å². The highest BCUT2D eigenvalue weighted by atomic mass is 32.2. The number of nitrogens with zero attached hydrogens (tertiary/aromatic N) is 2. The predicted molar refractivity (Wildman–Crippen MR) is 66.4 cm³/mol. The van der Waals surface area contributed by atoms with Crippen molar-refractivity contribution >= 4 is 10.0 Å². The lowest BCUT2D eigenvalue weighted by Gasteiger charge is -2.36. The van der Waals surface area contributed by atoms with E-state index in [4.69, 9.17) is 10.5 Å². The van der Waals surface area contributed by atoms with Gasteiger partial charge in [0.1, 0.15) is 4.90 Å². The van der Waals surface area contributed by atoms with Gasteiger partial charge in [-0.25, -0.2) is 8.42 Å². The zero-order valence-electron chi connectivity index (χ0n) is 10.2. The van der Waals surface area contributed by atoms with E-state index in [9.17, 15) is 8.42 Å². The molecule has 18 heavy (non-hydrogen) atoms. The highest BCUT2D eigenvalue weighted by Crippen LogP contribution is 2.21. The molecule has 7 heteroatoms. The molecule has 1 aliphatic rings. The Balaban J connectivity index is 2.29. The van der Waals surface area contributed by atoms with Crippen molar-refractivity contribution in [2.45, 2.75) is 24.0 Å². The third kappa shape index (κ3) is 2.54. The second kappa shape index (κ2) is 5.31. The van der Waals surface area contributed by atoms with E-state index in [1.165, 1.54) is 10.5 Å². The van der Waals surface area contributed by atoms with Crippen LogP contribution in [-0.2, 0) is 14.8 Å². The summed E-state index contributed by atoms with van der Waals surface area (Å²) in [7, 11) is -3.52. The summed E-state index contributed by atoms with van der Waals surface area (Å²) in [6.07, 6.45) is 2.66. The number of sulfonamides is 1. The van der Waals surface area contributed by atoms with Gasteiger partial charge in [-0.3, -0.25) is 4.98 Å². The molecule has 0 spiro atoms. The molecule has 6 nitrogen and oxygen atoms in total. The average molecular weight is 271 g/mol. The molecule has 100 valence electrons. The average Bonchev–Trinajstić information content (AvgIpc) is 2.40. The minimum atomic E-state index is -3.52. The highest BCUT2D eigenvalue weighted by Gasteiger charge is 2.35. The maximum absolute atomic E-state index is 12.4. The monoisotopic (exact) mass is 271 g/mol. The van der Waals surface area contributed by atoms with Gasteiger partial charge in [0.2, 0.25) is 10.0 Å². The van der Waals surface area contributed by atoms with Crippen LogP contribution in [0.5, 0.6) is 0 Å². The van der Waals surface area contributed by atoms with Gasteiger partial charge in [0.05, 0.1) is 12.7 Å². The standard InChI is InChI=1S/C11H17N3O3S/c1-9-8-17-10(5-12)7-14(9)18(15,16)11-3-2-4-13-6-11/h2-4,6,9-10H,5,7-8,12H2,1H3. The van der Waals surface area contributed by atoms with E-state index in [1.54, 1.807) is 18.3 Å². The Morgan fingerprint density at radius 2 is 2.39 bits per heavy atom. The van der Waals surface area contributed by atoms with Crippen LogP contribution in [0, 0.1) is 0 Å². The summed E-state index contributed by atoms with van der Waals surface area (Å²) >= 11 is 0. The molecule has 2 N–H and O–H groups in total. The molecule has 1 saturated heterocycles. The number of rotatable bonds is 3. The third-order valence-corrected chi connectivity index (χ3v) is 4.92. The van der Waals surface area contributed by atoms with Gasteiger partial charge < -0.3 is 10.5 Å². The molecule has 2 atom stereocenters. The van der Waals surface area contributed by atoms with Crippen LogP contribution in [0.4, 0.5) is 0 Å². The first-order chi connectivity index (χ1) is 8.55.